The summed E-state index contributed by atoms with van der Waals surface area (Å²) in [6.07, 6.45) is 4.46. The normalized spacial score (nSPS) is 19.6. The average Bonchev–Trinajstić information content (AvgIpc) is 2.85. The molecule has 1 aromatic rings. The number of ether oxygens (including phenoxy) is 1. The van der Waals surface area contributed by atoms with Gasteiger partial charge in [0, 0.05) is 44.7 Å². The Morgan fingerprint density at radius 1 is 1.59 bits per heavy atom. The predicted molar refractivity (Wildman–Crippen MR) is 70.6 cm³/mol. The van der Waals surface area contributed by atoms with Crippen molar-refractivity contribution in [2.45, 2.75) is 25.9 Å². The summed E-state index contributed by atoms with van der Waals surface area (Å²) in [6, 6.07) is 4.18. The first-order chi connectivity index (χ1) is 8.33. The van der Waals surface area contributed by atoms with E-state index in [-0.39, 0.29) is 0 Å². The number of pyridine rings is 1. The summed E-state index contributed by atoms with van der Waals surface area (Å²) in [5.74, 6) is 0.963. The van der Waals surface area contributed by atoms with Crippen LogP contribution in [-0.2, 0) is 4.74 Å². The molecule has 94 valence electrons. The van der Waals surface area contributed by atoms with E-state index in [1.165, 1.54) is 5.69 Å². The van der Waals surface area contributed by atoms with Crippen LogP contribution < -0.4 is 10.2 Å². The molecule has 1 aliphatic heterocycles. The Morgan fingerprint density at radius 2 is 2.47 bits per heavy atom. The number of hydrogen-bond acceptors (Lipinski definition) is 4. The molecular formula is C13H21N3O. The highest BCUT2D eigenvalue weighted by Gasteiger charge is 2.22. The second-order valence-corrected chi connectivity index (χ2v) is 4.42. The van der Waals surface area contributed by atoms with Gasteiger partial charge in [-0.2, -0.15) is 0 Å². The van der Waals surface area contributed by atoms with E-state index < -0.39 is 0 Å². The van der Waals surface area contributed by atoms with Gasteiger partial charge >= 0.3 is 0 Å². The average molecular weight is 235 g/mol. The van der Waals surface area contributed by atoms with Gasteiger partial charge in [0.1, 0.15) is 5.82 Å². The Balaban J connectivity index is 2.01. The van der Waals surface area contributed by atoms with E-state index in [1.54, 1.807) is 7.11 Å². The molecule has 4 nitrogen and oxygen atoms in total. The van der Waals surface area contributed by atoms with Crippen molar-refractivity contribution in [3.63, 3.8) is 0 Å². The first-order valence-electron chi connectivity index (χ1n) is 6.31. The molecule has 0 bridgehead atoms. The van der Waals surface area contributed by atoms with E-state index in [1.807, 2.05) is 6.20 Å². The summed E-state index contributed by atoms with van der Waals surface area (Å²) in [7, 11) is 1.79. The van der Waals surface area contributed by atoms with Gasteiger partial charge in [-0.3, -0.25) is 0 Å². The third kappa shape index (κ3) is 3.09. The van der Waals surface area contributed by atoms with Gasteiger partial charge < -0.3 is 15.0 Å². The van der Waals surface area contributed by atoms with Crippen molar-refractivity contribution in [3.05, 3.63) is 18.3 Å². The van der Waals surface area contributed by atoms with Gasteiger partial charge in [-0.1, -0.05) is 6.92 Å². The molecular weight excluding hydrogens is 214 g/mol. The lowest BCUT2D eigenvalue weighted by molar-refractivity contribution is 0.121. The van der Waals surface area contributed by atoms with E-state index in [0.717, 1.165) is 38.3 Å². The molecule has 1 unspecified atom stereocenters. The largest absolute Gasteiger partial charge is 0.380 e. The maximum absolute atomic E-state index is 5.39. The zero-order valence-electron chi connectivity index (χ0n) is 10.6. The van der Waals surface area contributed by atoms with Crippen molar-refractivity contribution in [3.8, 4) is 0 Å². The predicted octanol–water partition coefficient (Wildman–Crippen LogP) is 2.13. The fraction of sp³-hybridized carbons (Fsp3) is 0.615. The SMILES string of the molecule is CCCNc1cc(N2CCC(OC)C2)ccn1. The number of nitrogens with one attached hydrogen (secondary N) is 1. The zero-order valence-corrected chi connectivity index (χ0v) is 10.6. The van der Waals surface area contributed by atoms with Crippen LogP contribution in [0.3, 0.4) is 0 Å². The van der Waals surface area contributed by atoms with Crippen LogP contribution >= 0.6 is 0 Å². The molecule has 0 saturated carbocycles. The number of anilines is 2. The van der Waals surface area contributed by atoms with Gasteiger partial charge in [0.15, 0.2) is 0 Å². The molecule has 1 fully saturated rings. The number of hydrogen-bond donors (Lipinski definition) is 1. The highest BCUT2D eigenvalue weighted by Crippen LogP contribution is 2.23. The van der Waals surface area contributed by atoms with Crippen LogP contribution in [0.15, 0.2) is 18.3 Å². The molecule has 0 aromatic carbocycles. The quantitative estimate of drug-likeness (QED) is 0.848. The van der Waals surface area contributed by atoms with E-state index in [2.05, 4.69) is 34.3 Å². The molecule has 0 aliphatic carbocycles. The Labute approximate surface area is 103 Å². The third-order valence-corrected chi connectivity index (χ3v) is 3.14. The van der Waals surface area contributed by atoms with Crippen LogP contribution in [0.25, 0.3) is 0 Å². The lowest BCUT2D eigenvalue weighted by Crippen LogP contribution is -2.22. The smallest absolute Gasteiger partial charge is 0.127 e. The zero-order chi connectivity index (χ0) is 12.1. The molecule has 0 amide bonds. The van der Waals surface area contributed by atoms with Crippen molar-refractivity contribution >= 4 is 11.5 Å². The highest BCUT2D eigenvalue weighted by atomic mass is 16.5. The minimum atomic E-state index is 0.371. The minimum Gasteiger partial charge on any atom is -0.380 e. The van der Waals surface area contributed by atoms with Crippen LogP contribution in [0.1, 0.15) is 19.8 Å². The first-order valence-corrected chi connectivity index (χ1v) is 6.31. The van der Waals surface area contributed by atoms with E-state index in [4.69, 9.17) is 4.74 Å². The van der Waals surface area contributed by atoms with E-state index in [9.17, 15) is 0 Å². The van der Waals surface area contributed by atoms with Crippen LogP contribution in [0.5, 0.6) is 0 Å². The molecule has 17 heavy (non-hydrogen) atoms. The second-order valence-electron chi connectivity index (χ2n) is 4.42. The van der Waals surface area contributed by atoms with Gasteiger partial charge in [-0.25, -0.2) is 4.98 Å². The van der Waals surface area contributed by atoms with Gasteiger partial charge in [-0.15, -0.1) is 0 Å². The molecule has 1 saturated heterocycles. The van der Waals surface area contributed by atoms with Crippen molar-refractivity contribution in [1.82, 2.24) is 4.98 Å². The van der Waals surface area contributed by atoms with Crippen molar-refractivity contribution in [2.24, 2.45) is 0 Å². The Bertz CT molecular complexity index is 356. The lowest BCUT2D eigenvalue weighted by Gasteiger charge is -2.19. The Morgan fingerprint density at radius 3 is 3.18 bits per heavy atom. The second kappa shape index (κ2) is 5.87. The Kier molecular flexibility index (Phi) is 4.20. The summed E-state index contributed by atoms with van der Waals surface area (Å²) in [5, 5.41) is 3.31. The summed E-state index contributed by atoms with van der Waals surface area (Å²) in [4.78, 5) is 6.67. The summed E-state index contributed by atoms with van der Waals surface area (Å²) in [5.41, 5.74) is 1.23. The lowest BCUT2D eigenvalue weighted by atomic mass is 10.3. The minimum absolute atomic E-state index is 0.371. The molecule has 4 heteroatoms. The van der Waals surface area contributed by atoms with Crippen LogP contribution in [0, 0.1) is 0 Å². The number of rotatable bonds is 5. The van der Waals surface area contributed by atoms with Gasteiger partial charge in [0.05, 0.1) is 6.10 Å². The summed E-state index contributed by atoms with van der Waals surface area (Å²) >= 11 is 0. The fourth-order valence-corrected chi connectivity index (χ4v) is 2.12. The maximum Gasteiger partial charge on any atom is 0.127 e. The molecule has 0 radical (unpaired) electrons. The maximum atomic E-state index is 5.39. The van der Waals surface area contributed by atoms with Crippen molar-refractivity contribution in [2.75, 3.05) is 37.0 Å². The highest BCUT2D eigenvalue weighted by molar-refractivity contribution is 5.54. The standard InChI is InChI=1S/C13H21N3O/c1-3-6-14-13-9-11(4-7-15-13)16-8-5-12(10-16)17-2/h4,7,9,12H,3,5-6,8,10H2,1-2H3,(H,14,15). The molecule has 2 heterocycles. The van der Waals surface area contributed by atoms with Crippen molar-refractivity contribution < 1.29 is 4.74 Å². The Hall–Kier alpha value is -1.29. The van der Waals surface area contributed by atoms with Crippen LogP contribution in [0.2, 0.25) is 0 Å². The number of aromatic nitrogens is 1. The third-order valence-electron chi connectivity index (χ3n) is 3.14. The van der Waals surface area contributed by atoms with Gasteiger partial charge in [0.25, 0.3) is 0 Å². The molecule has 1 aliphatic rings. The fourth-order valence-electron chi connectivity index (χ4n) is 2.12. The number of methoxy groups -OCH3 is 1. The summed E-state index contributed by atoms with van der Waals surface area (Å²) < 4.78 is 5.39. The molecule has 2 rings (SSSR count). The topological polar surface area (TPSA) is 37.4 Å². The number of nitrogens with zero attached hydrogens (tertiary/aromatic N) is 2. The van der Waals surface area contributed by atoms with Gasteiger partial charge in [0.2, 0.25) is 0 Å². The molecule has 1 N–H and O–H groups in total. The first kappa shape index (κ1) is 12.2. The van der Waals surface area contributed by atoms with E-state index in [0.29, 0.717) is 6.10 Å². The monoisotopic (exact) mass is 235 g/mol. The van der Waals surface area contributed by atoms with Gasteiger partial charge in [-0.05, 0) is 18.9 Å². The van der Waals surface area contributed by atoms with Crippen molar-refractivity contribution in [1.29, 1.82) is 0 Å². The van der Waals surface area contributed by atoms with E-state index >= 15 is 0 Å². The van der Waals surface area contributed by atoms with Crippen LogP contribution in [-0.4, -0.2) is 37.8 Å². The molecule has 0 spiro atoms. The summed E-state index contributed by atoms with van der Waals surface area (Å²) in [6.45, 7) is 5.17. The molecule has 1 aromatic heterocycles. The van der Waals surface area contributed by atoms with Crippen LogP contribution in [0.4, 0.5) is 11.5 Å². The molecule has 1 atom stereocenters.